The Kier molecular flexibility index (Phi) is 3.97. The Morgan fingerprint density at radius 2 is 1.43 bits per heavy atom. The van der Waals surface area contributed by atoms with Crippen molar-refractivity contribution in [2.45, 2.75) is 20.3 Å². The van der Waals surface area contributed by atoms with Gasteiger partial charge in [-0.25, -0.2) is 0 Å². The van der Waals surface area contributed by atoms with Crippen LogP contribution in [0.2, 0.25) is 0 Å². The van der Waals surface area contributed by atoms with Gasteiger partial charge in [0.25, 0.3) is 0 Å². The Morgan fingerprint density at radius 1 is 0.700 bits per heavy atom. The summed E-state index contributed by atoms with van der Waals surface area (Å²) in [4.78, 5) is 3.54. The van der Waals surface area contributed by atoms with Crippen molar-refractivity contribution in [3.8, 4) is 11.1 Å². The quantitative estimate of drug-likeness (QED) is 0.303. The van der Waals surface area contributed by atoms with E-state index in [0.717, 1.165) is 6.42 Å². The Bertz CT molecular complexity index is 1550. The Balaban J connectivity index is 1.61. The first kappa shape index (κ1) is 17.7. The lowest BCUT2D eigenvalue weighted by atomic mass is 9.98. The number of para-hydroxylation sites is 1. The number of thiophene rings is 1. The predicted molar refractivity (Wildman–Crippen MR) is 133 cm³/mol. The summed E-state index contributed by atoms with van der Waals surface area (Å²) >= 11 is 1.96. The molecule has 0 atom stereocenters. The van der Waals surface area contributed by atoms with Crippen LogP contribution in [0.5, 0.6) is 0 Å². The topological polar surface area (TPSA) is 15.8 Å². The number of H-pyrrole nitrogens is 1. The summed E-state index contributed by atoms with van der Waals surface area (Å²) in [6.07, 6.45) is 1.13. The highest BCUT2D eigenvalue weighted by Gasteiger charge is 2.14. The third kappa shape index (κ3) is 2.68. The molecule has 2 heteroatoms. The molecule has 1 N–H and O–H groups in total. The van der Waals surface area contributed by atoms with Crippen molar-refractivity contribution in [1.82, 2.24) is 4.98 Å². The second-order valence-corrected chi connectivity index (χ2v) is 9.63. The van der Waals surface area contributed by atoms with Crippen LogP contribution >= 0.6 is 11.3 Å². The van der Waals surface area contributed by atoms with E-state index in [1.54, 1.807) is 0 Å². The molecule has 2 heterocycles. The van der Waals surface area contributed by atoms with Gasteiger partial charge in [-0.3, -0.25) is 0 Å². The minimum Gasteiger partial charge on any atom is -0.355 e. The van der Waals surface area contributed by atoms with Gasteiger partial charge in [-0.05, 0) is 47.2 Å². The molecule has 0 aliphatic heterocycles. The maximum Gasteiger partial charge on any atom is 0.0465 e. The van der Waals surface area contributed by atoms with E-state index in [2.05, 4.69) is 97.7 Å². The SMILES string of the molecule is CC(C)Cc1cccc2c1sc1c(-c3ccc4[nH]c5ccccc5c4c3)cccc12. The highest BCUT2D eigenvalue weighted by Crippen LogP contribution is 2.42. The highest BCUT2D eigenvalue weighted by atomic mass is 32.1. The summed E-state index contributed by atoms with van der Waals surface area (Å²) in [5.74, 6) is 0.657. The molecule has 0 radical (unpaired) electrons. The summed E-state index contributed by atoms with van der Waals surface area (Å²) in [6.45, 7) is 4.60. The average molecular weight is 406 g/mol. The Morgan fingerprint density at radius 3 is 2.30 bits per heavy atom. The van der Waals surface area contributed by atoms with E-state index in [1.807, 2.05) is 11.3 Å². The zero-order valence-electron chi connectivity index (χ0n) is 17.2. The third-order valence-corrected chi connectivity index (χ3v) is 7.38. The monoisotopic (exact) mass is 405 g/mol. The molecule has 6 aromatic rings. The minimum atomic E-state index is 0.657. The van der Waals surface area contributed by atoms with Gasteiger partial charge in [0.1, 0.15) is 0 Å². The summed E-state index contributed by atoms with van der Waals surface area (Å²) < 4.78 is 2.84. The standard InChI is InChI=1S/C28H23NS/c1-17(2)15-19-7-5-10-22-23-11-6-9-20(28(23)30-27(19)22)18-13-14-26-24(16-18)21-8-3-4-12-25(21)29-26/h3-14,16-17,29H,15H2,1-2H3. The fourth-order valence-corrected chi connectivity index (χ4v) is 6.08. The molecule has 0 amide bonds. The maximum absolute atomic E-state index is 3.54. The van der Waals surface area contributed by atoms with E-state index < -0.39 is 0 Å². The number of nitrogens with one attached hydrogen (secondary N) is 1. The molecule has 0 aliphatic rings. The van der Waals surface area contributed by atoms with Gasteiger partial charge in [0.05, 0.1) is 0 Å². The molecule has 2 aromatic heterocycles. The van der Waals surface area contributed by atoms with E-state index >= 15 is 0 Å². The summed E-state index contributed by atoms with van der Waals surface area (Å²) in [6, 6.07) is 29.0. The van der Waals surface area contributed by atoms with E-state index in [0.29, 0.717) is 5.92 Å². The molecule has 1 nitrogen and oxygen atoms in total. The normalized spacial score (nSPS) is 12.1. The van der Waals surface area contributed by atoms with Crippen molar-refractivity contribution < 1.29 is 0 Å². The molecule has 0 spiro atoms. The van der Waals surface area contributed by atoms with Crippen LogP contribution in [0.1, 0.15) is 19.4 Å². The lowest BCUT2D eigenvalue weighted by Gasteiger charge is -2.05. The molecule has 0 saturated carbocycles. The van der Waals surface area contributed by atoms with E-state index in [1.165, 1.54) is 58.7 Å². The fourth-order valence-electron chi connectivity index (χ4n) is 4.72. The summed E-state index contributed by atoms with van der Waals surface area (Å²) in [7, 11) is 0. The van der Waals surface area contributed by atoms with Crippen molar-refractivity contribution in [3.05, 3.63) is 84.4 Å². The number of rotatable bonds is 3. The van der Waals surface area contributed by atoms with Crippen molar-refractivity contribution in [2.24, 2.45) is 5.92 Å². The van der Waals surface area contributed by atoms with Crippen LogP contribution in [0.3, 0.4) is 0 Å². The van der Waals surface area contributed by atoms with Gasteiger partial charge in [0.15, 0.2) is 0 Å². The van der Waals surface area contributed by atoms with Gasteiger partial charge in [-0.15, -0.1) is 11.3 Å². The second-order valence-electron chi connectivity index (χ2n) is 8.61. The summed E-state index contributed by atoms with van der Waals surface area (Å²) in [5.41, 5.74) is 6.48. The molecule has 4 aromatic carbocycles. The van der Waals surface area contributed by atoms with Crippen molar-refractivity contribution >= 4 is 53.3 Å². The molecule has 0 unspecified atom stereocenters. The number of benzene rings is 4. The minimum absolute atomic E-state index is 0.657. The Labute approximate surface area is 180 Å². The zero-order chi connectivity index (χ0) is 20.2. The van der Waals surface area contributed by atoms with Crippen LogP contribution in [0.25, 0.3) is 53.1 Å². The van der Waals surface area contributed by atoms with Gasteiger partial charge in [-0.2, -0.15) is 0 Å². The van der Waals surface area contributed by atoms with Crippen molar-refractivity contribution in [1.29, 1.82) is 0 Å². The predicted octanol–water partition coefficient (Wildman–Crippen LogP) is 8.55. The number of aromatic amines is 1. The van der Waals surface area contributed by atoms with Crippen LogP contribution in [-0.4, -0.2) is 4.98 Å². The van der Waals surface area contributed by atoms with Gasteiger partial charge in [0.2, 0.25) is 0 Å². The van der Waals surface area contributed by atoms with Crippen molar-refractivity contribution in [2.75, 3.05) is 0 Å². The largest absolute Gasteiger partial charge is 0.355 e. The molecular formula is C28H23NS. The van der Waals surface area contributed by atoms with E-state index in [9.17, 15) is 0 Å². The number of aromatic nitrogens is 1. The molecule has 0 bridgehead atoms. The fraction of sp³-hybridized carbons (Fsp3) is 0.143. The van der Waals surface area contributed by atoms with Crippen LogP contribution < -0.4 is 0 Å². The molecule has 0 fully saturated rings. The third-order valence-electron chi connectivity index (χ3n) is 6.05. The van der Waals surface area contributed by atoms with Crippen molar-refractivity contribution in [3.63, 3.8) is 0 Å². The zero-order valence-corrected chi connectivity index (χ0v) is 18.0. The maximum atomic E-state index is 3.54. The van der Waals surface area contributed by atoms with Gasteiger partial charge in [-0.1, -0.05) is 74.5 Å². The van der Waals surface area contributed by atoms with Crippen LogP contribution in [0.4, 0.5) is 0 Å². The first-order valence-corrected chi connectivity index (χ1v) is 11.4. The first-order chi connectivity index (χ1) is 14.7. The van der Waals surface area contributed by atoms with E-state index in [-0.39, 0.29) is 0 Å². The molecule has 6 rings (SSSR count). The van der Waals surface area contributed by atoms with E-state index in [4.69, 9.17) is 0 Å². The molecule has 0 saturated heterocycles. The highest BCUT2D eigenvalue weighted by molar-refractivity contribution is 7.26. The lowest BCUT2D eigenvalue weighted by molar-refractivity contribution is 0.650. The van der Waals surface area contributed by atoms with Crippen LogP contribution in [0.15, 0.2) is 78.9 Å². The molecule has 0 aliphatic carbocycles. The Hall–Kier alpha value is -3.10. The average Bonchev–Trinajstić information content (AvgIpc) is 3.32. The molecule has 146 valence electrons. The van der Waals surface area contributed by atoms with Gasteiger partial charge in [0, 0.05) is 42.0 Å². The summed E-state index contributed by atoms with van der Waals surface area (Å²) in [5, 5.41) is 5.35. The first-order valence-electron chi connectivity index (χ1n) is 10.6. The molecular weight excluding hydrogens is 382 g/mol. The lowest BCUT2D eigenvalue weighted by Crippen LogP contribution is -1.93. The number of hydrogen-bond acceptors (Lipinski definition) is 1. The molecule has 30 heavy (non-hydrogen) atoms. The second kappa shape index (κ2) is 6.72. The van der Waals surface area contributed by atoms with Gasteiger partial charge >= 0.3 is 0 Å². The number of fused-ring (bicyclic) bond motifs is 6. The number of hydrogen-bond donors (Lipinski definition) is 1. The van der Waals surface area contributed by atoms with Crippen LogP contribution in [-0.2, 0) is 6.42 Å². The van der Waals surface area contributed by atoms with Crippen LogP contribution in [0, 0.1) is 5.92 Å². The van der Waals surface area contributed by atoms with Gasteiger partial charge < -0.3 is 4.98 Å². The smallest absolute Gasteiger partial charge is 0.0465 e.